The first kappa shape index (κ1) is 18.7. The highest BCUT2D eigenvalue weighted by atomic mass is 32.1. The molecule has 2 N–H and O–H groups in total. The molecule has 0 aliphatic heterocycles. The van der Waals surface area contributed by atoms with Crippen LogP contribution in [0, 0.1) is 0 Å². The first-order chi connectivity index (χ1) is 12.9. The number of hydrogen-bond donors (Lipinski definition) is 2. The van der Waals surface area contributed by atoms with Gasteiger partial charge in [0.05, 0.1) is 11.9 Å². The van der Waals surface area contributed by atoms with Crippen molar-refractivity contribution >= 4 is 22.7 Å². The van der Waals surface area contributed by atoms with Gasteiger partial charge in [-0.25, -0.2) is 4.98 Å². The molecule has 9 heteroatoms. The Morgan fingerprint density at radius 3 is 2.67 bits per heavy atom. The van der Waals surface area contributed by atoms with Gasteiger partial charge in [-0.1, -0.05) is 30.3 Å². The summed E-state index contributed by atoms with van der Waals surface area (Å²) in [5.41, 5.74) is 4.87. The minimum Gasteiger partial charge on any atom is -0.507 e. The molecule has 0 fully saturated rings. The van der Waals surface area contributed by atoms with Crippen molar-refractivity contribution in [3.63, 3.8) is 0 Å². The van der Waals surface area contributed by atoms with Crippen LogP contribution in [0.3, 0.4) is 0 Å². The SMILES string of the molecule is Oc1cc(OCC(F)(F)F)ccc1C=NNc1nc(-c2ccccc2)cs1. The second-order valence-electron chi connectivity index (χ2n) is 5.40. The lowest BCUT2D eigenvalue weighted by atomic mass is 10.2. The van der Waals surface area contributed by atoms with E-state index in [9.17, 15) is 18.3 Å². The molecule has 27 heavy (non-hydrogen) atoms. The average molecular weight is 393 g/mol. The molecule has 0 unspecified atom stereocenters. The molecule has 3 rings (SSSR count). The third-order valence-corrected chi connectivity index (χ3v) is 4.09. The van der Waals surface area contributed by atoms with Crippen molar-refractivity contribution in [1.82, 2.24) is 4.98 Å². The zero-order valence-electron chi connectivity index (χ0n) is 13.8. The summed E-state index contributed by atoms with van der Waals surface area (Å²) in [6.07, 6.45) is -3.10. The molecule has 140 valence electrons. The van der Waals surface area contributed by atoms with Crippen LogP contribution in [0.2, 0.25) is 0 Å². The van der Waals surface area contributed by atoms with Crippen molar-refractivity contribution in [3.8, 4) is 22.8 Å². The summed E-state index contributed by atoms with van der Waals surface area (Å²) in [6, 6.07) is 13.5. The smallest absolute Gasteiger partial charge is 0.422 e. The normalized spacial score (nSPS) is 11.7. The lowest BCUT2D eigenvalue weighted by molar-refractivity contribution is -0.153. The molecule has 0 radical (unpaired) electrons. The van der Waals surface area contributed by atoms with Crippen LogP contribution in [-0.2, 0) is 0 Å². The molecule has 0 bridgehead atoms. The van der Waals surface area contributed by atoms with E-state index in [0.717, 1.165) is 17.3 Å². The summed E-state index contributed by atoms with van der Waals surface area (Å²) in [5.74, 6) is -0.327. The minimum atomic E-state index is -4.44. The van der Waals surface area contributed by atoms with Crippen LogP contribution in [0.5, 0.6) is 11.5 Å². The zero-order valence-corrected chi connectivity index (χ0v) is 14.6. The number of halogens is 3. The number of nitrogens with zero attached hydrogens (tertiary/aromatic N) is 2. The monoisotopic (exact) mass is 393 g/mol. The Bertz CT molecular complexity index is 927. The fraction of sp³-hybridized carbons (Fsp3) is 0.111. The van der Waals surface area contributed by atoms with Gasteiger partial charge in [0.15, 0.2) is 6.61 Å². The summed E-state index contributed by atoms with van der Waals surface area (Å²) in [6.45, 7) is -1.42. The van der Waals surface area contributed by atoms with Crippen molar-refractivity contribution in [2.75, 3.05) is 12.0 Å². The number of hydrogen-bond acceptors (Lipinski definition) is 6. The van der Waals surface area contributed by atoms with Crippen LogP contribution in [-0.4, -0.2) is 29.1 Å². The molecule has 0 saturated heterocycles. The number of rotatable bonds is 6. The number of thiazole rings is 1. The molecule has 1 aromatic heterocycles. The molecule has 0 aliphatic carbocycles. The lowest BCUT2D eigenvalue weighted by Gasteiger charge is -2.09. The van der Waals surface area contributed by atoms with E-state index >= 15 is 0 Å². The summed E-state index contributed by atoms with van der Waals surface area (Å²) in [7, 11) is 0. The molecule has 3 aromatic rings. The third kappa shape index (κ3) is 5.45. The summed E-state index contributed by atoms with van der Waals surface area (Å²) < 4.78 is 41.0. The average Bonchev–Trinajstić information content (AvgIpc) is 3.11. The number of ether oxygens (including phenoxy) is 1. The van der Waals surface area contributed by atoms with Gasteiger partial charge in [-0.15, -0.1) is 11.3 Å². The minimum absolute atomic E-state index is 0.0811. The zero-order chi connectivity index (χ0) is 19.3. The maximum Gasteiger partial charge on any atom is 0.422 e. The van der Waals surface area contributed by atoms with Crippen molar-refractivity contribution in [3.05, 3.63) is 59.5 Å². The second-order valence-corrected chi connectivity index (χ2v) is 6.26. The number of phenolic OH excluding ortho intramolecular Hbond substituents is 1. The predicted octanol–water partition coefficient (Wildman–Crippen LogP) is 4.90. The summed E-state index contributed by atoms with van der Waals surface area (Å²) in [4.78, 5) is 4.40. The molecule has 0 amide bonds. The highest BCUT2D eigenvalue weighted by Crippen LogP contribution is 2.26. The Labute approximate surface area is 156 Å². The Hall–Kier alpha value is -3.07. The maximum atomic E-state index is 12.1. The van der Waals surface area contributed by atoms with E-state index in [1.54, 1.807) is 0 Å². The Morgan fingerprint density at radius 2 is 1.96 bits per heavy atom. The number of hydrazone groups is 1. The number of phenols is 1. The Balaban J connectivity index is 1.61. The first-order valence-electron chi connectivity index (χ1n) is 7.73. The molecular formula is C18H14F3N3O2S. The molecule has 0 saturated carbocycles. The van der Waals surface area contributed by atoms with Gasteiger partial charge in [0.1, 0.15) is 11.5 Å². The van der Waals surface area contributed by atoms with E-state index in [2.05, 4.69) is 20.2 Å². The number of benzene rings is 2. The van der Waals surface area contributed by atoms with E-state index in [1.807, 2.05) is 35.7 Å². The number of aromatic nitrogens is 1. The van der Waals surface area contributed by atoms with Gasteiger partial charge in [-0.05, 0) is 12.1 Å². The molecule has 1 heterocycles. The molecule has 0 aliphatic rings. The van der Waals surface area contributed by atoms with E-state index in [4.69, 9.17) is 0 Å². The van der Waals surface area contributed by atoms with E-state index in [-0.39, 0.29) is 11.5 Å². The number of aromatic hydroxyl groups is 1. The van der Waals surface area contributed by atoms with Crippen LogP contribution in [0.15, 0.2) is 59.0 Å². The molecule has 0 atom stereocenters. The lowest BCUT2D eigenvalue weighted by Crippen LogP contribution is -2.19. The van der Waals surface area contributed by atoms with Crippen LogP contribution >= 0.6 is 11.3 Å². The largest absolute Gasteiger partial charge is 0.507 e. The fourth-order valence-electron chi connectivity index (χ4n) is 2.11. The van der Waals surface area contributed by atoms with Crippen LogP contribution in [0.1, 0.15) is 5.56 Å². The van der Waals surface area contributed by atoms with Crippen LogP contribution in [0.4, 0.5) is 18.3 Å². The topological polar surface area (TPSA) is 66.7 Å². The molecule has 5 nitrogen and oxygen atoms in total. The summed E-state index contributed by atoms with van der Waals surface area (Å²) in [5, 5.41) is 16.3. The molecule has 0 spiro atoms. The number of nitrogens with one attached hydrogen (secondary N) is 1. The van der Waals surface area contributed by atoms with Crippen LogP contribution in [0.25, 0.3) is 11.3 Å². The number of anilines is 1. The maximum absolute atomic E-state index is 12.1. The summed E-state index contributed by atoms with van der Waals surface area (Å²) >= 11 is 1.37. The van der Waals surface area contributed by atoms with Crippen LogP contribution < -0.4 is 10.2 Å². The third-order valence-electron chi connectivity index (χ3n) is 3.34. The van der Waals surface area contributed by atoms with Crippen molar-refractivity contribution in [2.45, 2.75) is 6.18 Å². The Morgan fingerprint density at radius 1 is 1.19 bits per heavy atom. The van der Waals surface area contributed by atoms with E-state index < -0.39 is 12.8 Å². The molecule has 2 aromatic carbocycles. The second kappa shape index (κ2) is 8.09. The standard InChI is InChI=1S/C18H14F3N3O2S/c19-18(20,21)11-26-14-7-6-13(16(25)8-14)9-22-24-17-23-15(10-27-17)12-4-2-1-3-5-12/h1-10,25H,11H2,(H,23,24). The van der Waals surface area contributed by atoms with Gasteiger partial charge in [0, 0.05) is 22.6 Å². The van der Waals surface area contributed by atoms with Gasteiger partial charge in [0.2, 0.25) is 5.13 Å². The number of alkyl halides is 3. The van der Waals surface area contributed by atoms with Gasteiger partial charge in [0.25, 0.3) is 0 Å². The highest BCUT2D eigenvalue weighted by molar-refractivity contribution is 7.14. The van der Waals surface area contributed by atoms with E-state index in [1.165, 1.54) is 29.7 Å². The Kier molecular flexibility index (Phi) is 5.60. The predicted molar refractivity (Wildman–Crippen MR) is 98.4 cm³/mol. The van der Waals surface area contributed by atoms with Crippen molar-refractivity contribution < 1.29 is 23.0 Å². The van der Waals surface area contributed by atoms with Crippen molar-refractivity contribution in [1.29, 1.82) is 0 Å². The molecular weight excluding hydrogens is 379 g/mol. The van der Waals surface area contributed by atoms with Gasteiger partial charge in [-0.3, -0.25) is 5.43 Å². The first-order valence-corrected chi connectivity index (χ1v) is 8.61. The van der Waals surface area contributed by atoms with E-state index in [0.29, 0.717) is 10.7 Å². The van der Waals surface area contributed by atoms with Gasteiger partial charge in [-0.2, -0.15) is 18.3 Å². The fourth-order valence-corrected chi connectivity index (χ4v) is 2.78. The van der Waals surface area contributed by atoms with Crippen molar-refractivity contribution in [2.24, 2.45) is 5.10 Å². The van der Waals surface area contributed by atoms with Gasteiger partial charge < -0.3 is 9.84 Å². The van der Waals surface area contributed by atoms with Gasteiger partial charge >= 0.3 is 6.18 Å². The highest BCUT2D eigenvalue weighted by Gasteiger charge is 2.28. The quantitative estimate of drug-likeness (QED) is 0.462.